The number of methoxy groups -OCH3 is 1. The van der Waals surface area contributed by atoms with Crippen LogP contribution in [0.4, 0.5) is 0 Å². The molecule has 4 rings (SSSR count). The topological polar surface area (TPSA) is 123 Å². The van der Waals surface area contributed by atoms with Gasteiger partial charge in [0.25, 0.3) is 5.91 Å². The minimum atomic E-state index is -3.93. The third-order valence-corrected chi connectivity index (χ3v) is 7.81. The molecule has 3 aromatic carbocycles. The quantitative estimate of drug-likeness (QED) is 0.441. The van der Waals surface area contributed by atoms with E-state index in [4.69, 9.17) is 19.9 Å². The predicted molar refractivity (Wildman–Crippen MR) is 144 cm³/mol. The van der Waals surface area contributed by atoms with Gasteiger partial charge in [-0.1, -0.05) is 24.3 Å². The van der Waals surface area contributed by atoms with Gasteiger partial charge in [-0.15, -0.1) is 0 Å². The summed E-state index contributed by atoms with van der Waals surface area (Å²) < 4.78 is 35.0. The van der Waals surface area contributed by atoms with Gasteiger partial charge in [-0.25, -0.2) is 13.6 Å². The zero-order valence-corrected chi connectivity index (χ0v) is 22.1. The highest BCUT2D eigenvalue weighted by molar-refractivity contribution is 7.89. The molecule has 0 saturated carbocycles. The van der Waals surface area contributed by atoms with Gasteiger partial charge in [-0.3, -0.25) is 4.79 Å². The van der Waals surface area contributed by atoms with E-state index in [-0.39, 0.29) is 17.4 Å². The number of benzene rings is 3. The molecule has 38 heavy (non-hydrogen) atoms. The molecule has 1 amide bonds. The number of rotatable bonds is 9. The lowest BCUT2D eigenvalue weighted by molar-refractivity contribution is -0.134. The molecule has 1 saturated heterocycles. The number of nitriles is 1. The smallest absolute Gasteiger partial charge is 0.260 e. The van der Waals surface area contributed by atoms with E-state index < -0.39 is 10.0 Å². The average Bonchev–Trinajstić information content (AvgIpc) is 2.94. The van der Waals surface area contributed by atoms with Crippen molar-refractivity contribution in [2.24, 2.45) is 11.1 Å². The number of aryl methyl sites for hydroxylation is 1. The Morgan fingerprint density at radius 1 is 1.08 bits per heavy atom. The fourth-order valence-electron chi connectivity index (χ4n) is 4.66. The molecule has 1 heterocycles. The van der Waals surface area contributed by atoms with Gasteiger partial charge in [0.05, 0.1) is 23.6 Å². The average molecular weight is 534 g/mol. The Morgan fingerprint density at radius 3 is 2.47 bits per heavy atom. The molecule has 0 radical (unpaired) electrons. The molecule has 2 N–H and O–H groups in total. The van der Waals surface area contributed by atoms with Gasteiger partial charge in [0.1, 0.15) is 11.5 Å². The molecule has 1 aliphatic rings. The van der Waals surface area contributed by atoms with Crippen molar-refractivity contribution < 1.29 is 22.7 Å². The van der Waals surface area contributed by atoms with Gasteiger partial charge in [0.15, 0.2) is 6.61 Å². The molecule has 8 nitrogen and oxygen atoms in total. The molecule has 198 valence electrons. The highest BCUT2D eigenvalue weighted by Crippen LogP contribution is 2.33. The summed E-state index contributed by atoms with van der Waals surface area (Å²) in [5.74, 6) is 1.67. The van der Waals surface area contributed by atoms with E-state index in [1.165, 1.54) is 23.8 Å². The summed E-state index contributed by atoms with van der Waals surface area (Å²) in [5.41, 5.74) is 2.85. The number of nitrogens with zero attached hydrogens (tertiary/aromatic N) is 2. The number of likely N-dealkylation sites (tertiary alicyclic amines) is 1. The van der Waals surface area contributed by atoms with Gasteiger partial charge in [-0.2, -0.15) is 5.26 Å². The van der Waals surface area contributed by atoms with E-state index in [1.807, 2.05) is 17.0 Å². The Hall–Kier alpha value is -3.87. The molecular weight excluding hydrogens is 502 g/mol. The third kappa shape index (κ3) is 6.91. The van der Waals surface area contributed by atoms with Gasteiger partial charge in [0.2, 0.25) is 10.0 Å². The number of carbonyl (C=O) groups excluding carboxylic acids is 1. The van der Waals surface area contributed by atoms with Crippen molar-refractivity contribution >= 4 is 15.9 Å². The second-order valence-corrected chi connectivity index (χ2v) is 11.0. The lowest BCUT2D eigenvalue weighted by atomic mass is 9.90. The maximum atomic E-state index is 12.9. The number of nitrogens with two attached hydrogens (primary N) is 1. The summed E-state index contributed by atoms with van der Waals surface area (Å²) in [4.78, 5) is 14.7. The zero-order valence-electron chi connectivity index (χ0n) is 21.3. The summed E-state index contributed by atoms with van der Waals surface area (Å²) in [5, 5.41) is 14.4. The van der Waals surface area contributed by atoms with Crippen LogP contribution in [0.25, 0.3) is 11.1 Å². The number of primary sulfonamides is 1. The summed E-state index contributed by atoms with van der Waals surface area (Å²) in [6, 6.07) is 21.1. The van der Waals surface area contributed by atoms with Crippen molar-refractivity contribution in [3.8, 4) is 28.7 Å². The molecule has 0 spiro atoms. The number of piperidine rings is 1. The van der Waals surface area contributed by atoms with Crippen LogP contribution in [0.2, 0.25) is 0 Å². The maximum absolute atomic E-state index is 12.9. The minimum Gasteiger partial charge on any atom is -0.497 e. The first-order chi connectivity index (χ1) is 18.3. The van der Waals surface area contributed by atoms with E-state index in [0.717, 1.165) is 31.4 Å². The van der Waals surface area contributed by atoms with E-state index in [1.54, 1.807) is 31.4 Å². The second kappa shape index (κ2) is 12.1. The Morgan fingerprint density at radius 2 is 1.82 bits per heavy atom. The lowest BCUT2D eigenvalue weighted by Gasteiger charge is -2.32. The van der Waals surface area contributed by atoms with Crippen LogP contribution in [0.5, 0.6) is 11.5 Å². The standard InChI is InChI=1S/C29H31N3O5S/c1-36-25-4-2-3-22(17-25)6-5-21-13-15-32(16-14-21)29(33)20-37-28-12-11-26(38(31,34)35)18-27(28)24-9-7-23(19-30)8-10-24/h2-4,7-12,17-18,21H,5-6,13-16,20H2,1H3,(H2,31,34,35). The number of hydrogen-bond acceptors (Lipinski definition) is 6. The fourth-order valence-corrected chi connectivity index (χ4v) is 5.20. The number of ether oxygens (including phenoxy) is 2. The van der Waals surface area contributed by atoms with Crippen LogP contribution in [0, 0.1) is 17.2 Å². The summed E-state index contributed by atoms with van der Waals surface area (Å²) in [7, 11) is -2.26. The molecule has 0 unspecified atom stereocenters. The lowest BCUT2D eigenvalue weighted by Crippen LogP contribution is -2.41. The van der Waals surface area contributed by atoms with Crippen molar-refractivity contribution in [1.29, 1.82) is 5.26 Å². The SMILES string of the molecule is COc1cccc(CCC2CCN(C(=O)COc3ccc(S(N)(=O)=O)cc3-c3ccc(C#N)cc3)CC2)c1. The van der Waals surface area contributed by atoms with E-state index in [9.17, 15) is 13.2 Å². The van der Waals surface area contributed by atoms with Crippen molar-refractivity contribution in [3.05, 3.63) is 77.9 Å². The molecule has 0 atom stereocenters. The van der Waals surface area contributed by atoms with Crippen molar-refractivity contribution in [3.63, 3.8) is 0 Å². The monoisotopic (exact) mass is 533 g/mol. The summed E-state index contributed by atoms with van der Waals surface area (Å²) >= 11 is 0. The summed E-state index contributed by atoms with van der Waals surface area (Å²) in [6.45, 7) is 1.20. The molecule has 9 heteroatoms. The Balaban J connectivity index is 1.36. The van der Waals surface area contributed by atoms with Crippen LogP contribution < -0.4 is 14.6 Å². The van der Waals surface area contributed by atoms with Crippen LogP contribution in [0.3, 0.4) is 0 Å². The first-order valence-corrected chi connectivity index (χ1v) is 14.0. The number of sulfonamides is 1. The van der Waals surface area contributed by atoms with Crippen molar-refractivity contribution in [2.75, 3.05) is 26.8 Å². The maximum Gasteiger partial charge on any atom is 0.260 e. The van der Waals surface area contributed by atoms with Crippen LogP contribution in [0.1, 0.15) is 30.4 Å². The van der Waals surface area contributed by atoms with E-state index >= 15 is 0 Å². The molecule has 1 aliphatic heterocycles. The van der Waals surface area contributed by atoms with Gasteiger partial charge < -0.3 is 14.4 Å². The molecule has 1 fully saturated rings. The third-order valence-electron chi connectivity index (χ3n) is 6.90. The second-order valence-electron chi connectivity index (χ2n) is 9.40. The largest absolute Gasteiger partial charge is 0.497 e. The molecule has 0 aliphatic carbocycles. The van der Waals surface area contributed by atoms with Gasteiger partial charge in [-0.05, 0) is 85.2 Å². The molecule has 3 aromatic rings. The normalized spacial score (nSPS) is 14.1. The number of amides is 1. The Bertz CT molecular complexity index is 1420. The summed E-state index contributed by atoms with van der Waals surface area (Å²) in [6.07, 6.45) is 3.92. The number of carbonyl (C=O) groups is 1. The zero-order chi connectivity index (χ0) is 27.1. The first kappa shape index (κ1) is 27.2. The highest BCUT2D eigenvalue weighted by atomic mass is 32.2. The fraction of sp³-hybridized carbons (Fsp3) is 0.310. The van der Waals surface area contributed by atoms with Crippen LogP contribution in [-0.4, -0.2) is 46.0 Å². The molecular formula is C29H31N3O5S. The van der Waals surface area contributed by atoms with Crippen molar-refractivity contribution in [2.45, 2.75) is 30.6 Å². The van der Waals surface area contributed by atoms with Gasteiger partial charge in [0, 0.05) is 18.7 Å². The van der Waals surface area contributed by atoms with Gasteiger partial charge >= 0.3 is 0 Å². The van der Waals surface area contributed by atoms with Crippen LogP contribution >= 0.6 is 0 Å². The molecule has 0 bridgehead atoms. The highest BCUT2D eigenvalue weighted by Gasteiger charge is 2.23. The van der Waals surface area contributed by atoms with Crippen LogP contribution in [0.15, 0.2) is 71.6 Å². The molecule has 0 aromatic heterocycles. The Labute approximate surface area is 223 Å². The minimum absolute atomic E-state index is 0.0634. The van der Waals surface area contributed by atoms with Crippen molar-refractivity contribution in [1.82, 2.24) is 4.90 Å². The van der Waals surface area contributed by atoms with E-state index in [0.29, 0.717) is 41.4 Å². The number of hydrogen-bond donors (Lipinski definition) is 1. The van der Waals surface area contributed by atoms with Crippen LogP contribution in [-0.2, 0) is 21.2 Å². The van der Waals surface area contributed by atoms with E-state index in [2.05, 4.69) is 18.2 Å². The first-order valence-electron chi connectivity index (χ1n) is 12.5. The predicted octanol–water partition coefficient (Wildman–Crippen LogP) is 4.13. The Kier molecular flexibility index (Phi) is 8.66.